The molecule has 0 heterocycles. The van der Waals surface area contributed by atoms with Crippen LogP contribution < -0.4 is 0 Å². The molecule has 0 saturated carbocycles. The number of alkyl halides is 3. The van der Waals surface area contributed by atoms with Crippen molar-refractivity contribution < 1.29 is 17.6 Å². The zero-order valence-corrected chi connectivity index (χ0v) is 7.25. The molecule has 0 N–H and O–H groups in total. The van der Waals surface area contributed by atoms with E-state index in [1.165, 1.54) is 12.1 Å². The Bertz CT molecular complexity index is 264. The normalized spacial score (nSPS) is 11.7. The van der Waals surface area contributed by atoms with Crippen molar-refractivity contribution in [2.45, 2.75) is 11.1 Å². The molecule has 0 aliphatic carbocycles. The smallest absolute Gasteiger partial charge is 0.207 e. The van der Waals surface area contributed by atoms with Gasteiger partial charge in [-0.25, -0.2) is 4.39 Å². The SMILES string of the molecule is Fc1ccc(SCC(F)(F)F)cc1. The molecule has 0 unspecified atom stereocenters. The Morgan fingerprint density at radius 2 is 1.62 bits per heavy atom. The van der Waals surface area contributed by atoms with Gasteiger partial charge in [0.25, 0.3) is 0 Å². The van der Waals surface area contributed by atoms with Crippen LogP contribution in [0.15, 0.2) is 29.2 Å². The maximum Gasteiger partial charge on any atom is 0.398 e. The van der Waals surface area contributed by atoms with E-state index in [4.69, 9.17) is 0 Å². The third kappa shape index (κ3) is 4.17. The molecular formula is C8H6F4S. The molecule has 5 heteroatoms. The lowest BCUT2D eigenvalue weighted by Gasteiger charge is -2.04. The van der Waals surface area contributed by atoms with Gasteiger partial charge in [0.1, 0.15) is 5.82 Å². The van der Waals surface area contributed by atoms with Gasteiger partial charge in [0.05, 0.1) is 5.75 Å². The lowest BCUT2D eigenvalue weighted by atomic mass is 10.4. The van der Waals surface area contributed by atoms with Gasteiger partial charge in [-0.3, -0.25) is 0 Å². The zero-order valence-electron chi connectivity index (χ0n) is 6.44. The van der Waals surface area contributed by atoms with E-state index in [9.17, 15) is 17.6 Å². The van der Waals surface area contributed by atoms with Crippen molar-refractivity contribution in [3.8, 4) is 0 Å². The summed E-state index contributed by atoms with van der Waals surface area (Å²) in [7, 11) is 0. The maximum atomic E-state index is 12.3. The van der Waals surface area contributed by atoms with Crippen molar-refractivity contribution in [1.82, 2.24) is 0 Å². The highest BCUT2D eigenvalue weighted by molar-refractivity contribution is 7.99. The van der Waals surface area contributed by atoms with E-state index in [1.807, 2.05) is 0 Å². The Hall–Kier alpha value is -0.710. The van der Waals surface area contributed by atoms with Crippen LogP contribution in [0.3, 0.4) is 0 Å². The number of benzene rings is 1. The summed E-state index contributed by atoms with van der Waals surface area (Å²) in [5.41, 5.74) is 0. The Labute approximate surface area is 76.9 Å². The number of rotatable bonds is 2. The van der Waals surface area contributed by atoms with Gasteiger partial charge in [-0.05, 0) is 24.3 Å². The van der Waals surface area contributed by atoms with Crippen molar-refractivity contribution in [2.75, 3.05) is 5.75 Å². The monoisotopic (exact) mass is 210 g/mol. The average molecular weight is 210 g/mol. The zero-order chi connectivity index (χ0) is 9.90. The van der Waals surface area contributed by atoms with E-state index < -0.39 is 17.7 Å². The fourth-order valence-electron chi connectivity index (χ4n) is 0.696. The summed E-state index contributed by atoms with van der Waals surface area (Å²) < 4.78 is 47.5. The van der Waals surface area contributed by atoms with E-state index in [1.54, 1.807) is 0 Å². The molecule has 0 amide bonds. The third-order valence-electron chi connectivity index (χ3n) is 1.22. The highest BCUT2D eigenvalue weighted by Gasteiger charge is 2.27. The molecule has 1 aromatic carbocycles. The number of thioether (sulfide) groups is 1. The van der Waals surface area contributed by atoms with E-state index in [0.717, 1.165) is 12.1 Å². The molecule has 0 aliphatic heterocycles. The van der Waals surface area contributed by atoms with Crippen LogP contribution in [-0.2, 0) is 0 Å². The van der Waals surface area contributed by atoms with E-state index >= 15 is 0 Å². The van der Waals surface area contributed by atoms with Crippen LogP contribution >= 0.6 is 11.8 Å². The van der Waals surface area contributed by atoms with Crippen molar-refractivity contribution in [3.63, 3.8) is 0 Å². The molecule has 0 nitrogen and oxygen atoms in total. The molecule has 0 bridgehead atoms. The summed E-state index contributed by atoms with van der Waals surface area (Å²) in [6.45, 7) is 0. The van der Waals surface area contributed by atoms with Gasteiger partial charge >= 0.3 is 6.18 Å². The van der Waals surface area contributed by atoms with Crippen molar-refractivity contribution in [1.29, 1.82) is 0 Å². The van der Waals surface area contributed by atoms with Crippen molar-refractivity contribution in [2.24, 2.45) is 0 Å². The fraction of sp³-hybridized carbons (Fsp3) is 0.250. The second kappa shape index (κ2) is 4.00. The predicted molar refractivity (Wildman–Crippen MR) is 43.2 cm³/mol. The summed E-state index contributed by atoms with van der Waals surface area (Å²) in [5, 5.41) is 0. The second-order valence-corrected chi connectivity index (χ2v) is 3.41. The average Bonchev–Trinajstić information content (AvgIpc) is 2.02. The predicted octanol–water partition coefficient (Wildman–Crippen LogP) is 3.48. The van der Waals surface area contributed by atoms with Crippen LogP contribution in [0.4, 0.5) is 17.6 Å². The van der Waals surface area contributed by atoms with Gasteiger partial charge < -0.3 is 0 Å². The van der Waals surface area contributed by atoms with Gasteiger partial charge in [-0.1, -0.05) is 0 Å². The molecule has 0 aromatic heterocycles. The van der Waals surface area contributed by atoms with E-state index in [0.29, 0.717) is 16.7 Å². The Morgan fingerprint density at radius 1 is 1.08 bits per heavy atom. The topological polar surface area (TPSA) is 0 Å². The molecule has 1 aromatic rings. The second-order valence-electron chi connectivity index (χ2n) is 2.36. The number of hydrogen-bond donors (Lipinski definition) is 0. The van der Waals surface area contributed by atoms with Gasteiger partial charge in [-0.2, -0.15) is 13.2 Å². The molecule has 13 heavy (non-hydrogen) atoms. The molecule has 0 atom stereocenters. The molecule has 0 fully saturated rings. The van der Waals surface area contributed by atoms with Crippen molar-refractivity contribution in [3.05, 3.63) is 30.1 Å². The van der Waals surface area contributed by atoms with Crippen LogP contribution in [0.25, 0.3) is 0 Å². The Morgan fingerprint density at radius 3 is 2.08 bits per heavy atom. The highest BCUT2D eigenvalue weighted by Crippen LogP contribution is 2.26. The lowest BCUT2D eigenvalue weighted by Crippen LogP contribution is -2.10. The largest absolute Gasteiger partial charge is 0.398 e. The first-order valence-corrected chi connectivity index (χ1v) is 4.41. The standard InChI is InChI=1S/C8H6F4S/c9-6-1-3-7(4-2-6)13-5-8(10,11)12/h1-4H,5H2. The van der Waals surface area contributed by atoms with Crippen LogP contribution in [0.2, 0.25) is 0 Å². The summed E-state index contributed by atoms with van der Waals surface area (Å²) >= 11 is 0.644. The summed E-state index contributed by atoms with van der Waals surface area (Å²) in [5.74, 6) is -1.39. The molecule has 1 rings (SSSR count). The van der Waals surface area contributed by atoms with E-state index in [2.05, 4.69) is 0 Å². The fourth-order valence-corrected chi connectivity index (χ4v) is 1.35. The van der Waals surface area contributed by atoms with Gasteiger partial charge in [0, 0.05) is 4.90 Å². The molecular weight excluding hydrogens is 204 g/mol. The molecule has 0 saturated heterocycles. The minimum absolute atomic E-state index is 0.415. The van der Waals surface area contributed by atoms with Gasteiger partial charge in [0.15, 0.2) is 0 Å². The molecule has 0 radical (unpaired) electrons. The molecule has 0 aliphatic rings. The summed E-state index contributed by atoms with van der Waals surface area (Å²) in [6.07, 6.45) is -4.18. The first kappa shape index (κ1) is 10.4. The van der Waals surface area contributed by atoms with Crippen LogP contribution in [0.1, 0.15) is 0 Å². The Kier molecular flexibility index (Phi) is 3.19. The maximum absolute atomic E-state index is 12.3. The molecule has 0 spiro atoms. The van der Waals surface area contributed by atoms with Crippen LogP contribution in [-0.4, -0.2) is 11.9 Å². The first-order valence-electron chi connectivity index (χ1n) is 3.42. The molecule has 72 valence electrons. The van der Waals surface area contributed by atoms with Crippen LogP contribution in [0.5, 0.6) is 0 Å². The quantitative estimate of drug-likeness (QED) is 0.532. The highest BCUT2D eigenvalue weighted by atomic mass is 32.2. The van der Waals surface area contributed by atoms with Gasteiger partial charge in [0.2, 0.25) is 0 Å². The van der Waals surface area contributed by atoms with Gasteiger partial charge in [-0.15, -0.1) is 11.8 Å². The third-order valence-corrected chi connectivity index (χ3v) is 2.29. The van der Waals surface area contributed by atoms with Crippen LogP contribution in [0, 0.1) is 5.82 Å². The summed E-state index contributed by atoms with van der Waals surface area (Å²) in [4.78, 5) is 0.415. The first-order chi connectivity index (χ1) is 5.97. The number of halogens is 4. The minimum Gasteiger partial charge on any atom is -0.207 e. The Balaban J connectivity index is 2.51. The van der Waals surface area contributed by atoms with Crippen molar-refractivity contribution >= 4 is 11.8 Å². The minimum atomic E-state index is -4.18. The number of hydrogen-bond acceptors (Lipinski definition) is 1. The van der Waals surface area contributed by atoms with E-state index in [-0.39, 0.29) is 0 Å². The lowest BCUT2D eigenvalue weighted by molar-refractivity contribution is -0.105. The summed E-state index contributed by atoms with van der Waals surface area (Å²) in [6, 6.07) is 4.93.